The highest BCUT2D eigenvalue weighted by Crippen LogP contribution is 2.36. The van der Waals surface area contributed by atoms with Crippen LogP contribution in [0.25, 0.3) is 0 Å². The number of aliphatic hydroxyl groups excluding tert-OH is 1. The standard InChI is InChI=1S/C25H29NO14/c1-12(27)35-11-19-22(36-13(2)28)23(37-14(3)29)24(38-15(4)30)25(39-19)40-21-18(31)9-10-34-20(21)16-5-7-17(8-6-16)26(32)33/h5-10,18-25,31H,11H2,1-4H3/t18-,19-,20-,21-,22-,23+,24-,25+/m1/s1. The smallest absolute Gasteiger partial charge is 0.303 e. The number of esters is 4. The van der Waals surface area contributed by atoms with Gasteiger partial charge in [-0.3, -0.25) is 29.3 Å². The summed E-state index contributed by atoms with van der Waals surface area (Å²) in [5.74, 6) is -3.13. The zero-order valence-electron chi connectivity index (χ0n) is 22.0. The summed E-state index contributed by atoms with van der Waals surface area (Å²) in [5, 5.41) is 21.8. The first-order valence-electron chi connectivity index (χ1n) is 12.1. The maximum absolute atomic E-state index is 12.1. The van der Waals surface area contributed by atoms with Gasteiger partial charge in [-0.15, -0.1) is 0 Å². The van der Waals surface area contributed by atoms with Gasteiger partial charge < -0.3 is 38.3 Å². The predicted molar refractivity (Wildman–Crippen MR) is 129 cm³/mol. The topological polar surface area (TPSA) is 196 Å². The molecule has 0 radical (unpaired) electrons. The summed E-state index contributed by atoms with van der Waals surface area (Å²) in [7, 11) is 0. The van der Waals surface area contributed by atoms with Gasteiger partial charge in [0.05, 0.1) is 11.2 Å². The number of nitro groups is 1. The Morgan fingerprint density at radius 2 is 1.45 bits per heavy atom. The van der Waals surface area contributed by atoms with E-state index in [2.05, 4.69) is 0 Å². The Hall–Kier alpha value is -4.08. The summed E-state index contributed by atoms with van der Waals surface area (Å²) in [6.07, 6.45) is -8.28. The van der Waals surface area contributed by atoms with Crippen LogP contribution in [0.15, 0.2) is 36.6 Å². The van der Waals surface area contributed by atoms with Crippen LogP contribution in [0.4, 0.5) is 5.69 Å². The fourth-order valence-corrected chi connectivity index (χ4v) is 4.24. The summed E-state index contributed by atoms with van der Waals surface area (Å²) in [6.45, 7) is 3.92. The van der Waals surface area contributed by atoms with Crippen molar-refractivity contribution in [2.75, 3.05) is 6.61 Å². The first-order chi connectivity index (χ1) is 18.9. The fraction of sp³-hybridized carbons (Fsp3) is 0.520. The van der Waals surface area contributed by atoms with Gasteiger partial charge in [0.2, 0.25) is 0 Å². The number of aliphatic hydroxyl groups is 1. The normalized spacial score (nSPS) is 29.4. The maximum atomic E-state index is 12.1. The van der Waals surface area contributed by atoms with Crippen LogP contribution in [0.1, 0.15) is 39.4 Å². The van der Waals surface area contributed by atoms with E-state index in [0.717, 1.165) is 27.7 Å². The monoisotopic (exact) mass is 567 g/mol. The Labute approximate surface area is 228 Å². The molecule has 2 heterocycles. The lowest BCUT2D eigenvalue weighted by Gasteiger charge is -2.45. The van der Waals surface area contributed by atoms with E-state index in [0.29, 0.717) is 5.56 Å². The Morgan fingerprint density at radius 1 is 0.875 bits per heavy atom. The molecule has 0 amide bonds. The lowest BCUT2D eigenvalue weighted by Crippen LogP contribution is -2.64. The van der Waals surface area contributed by atoms with Crippen molar-refractivity contribution in [2.45, 2.75) is 76.7 Å². The van der Waals surface area contributed by atoms with Gasteiger partial charge in [0.15, 0.2) is 30.7 Å². The van der Waals surface area contributed by atoms with Crippen LogP contribution < -0.4 is 0 Å². The van der Waals surface area contributed by atoms with Crippen LogP contribution in [-0.2, 0) is 52.3 Å². The molecule has 0 unspecified atom stereocenters. The summed E-state index contributed by atoms with van der Waals surface area (Å²) in [4.78, 5) is 58.0. The van der Waals surface area contributed by atoms with Crippen LogP contribution in [0, 0.1) is 10.1 Å². The number of carbonyl (C=O) groups excluding carboxylic acids is 4. The predicted octanol–water partition coefficient (Wildman–Crippen LogP) is 1.01. The molecular formula is C25H29NO14. The van der Waals surface area contributed by atoms with Gasteiger partial charge in [-0.25, -0.2) is 0 Å². The average molecular weight is 568 g/mol. The van der Waals surface area contributed by atoms with Gasteiger partial charge in [0.25, 0.3) is 5.69 Å². The Bertz CT molecular complexity index is 1130. The highest BCUT2D eigenvalue weighted by atomic mass is 16.7. The Morgan fingerprint density at radius 3 is 2.00 bits per heavy atom. The number of carbonyl (C=O) groups is 4. The quantitative estimate of drug-likeness (QED) is 0.192. The van der Waals surface area contributed by atoms with Crippen molar-refractivity contribution in [1.82, 2.24) is 0 Å². The number of nitro benzene ring substituents is 1. The molecule has 0 saturated carbocycles. The first-order valence-corrected chi connectivity index (χ1v) is 12.1. The minimum atomic E-state index is -1.57. The largest absolute Gasteiger partial charge is 0.491 e. The molecule has 2 aliphatic rings. The zero-order chi connectivity index (χ0) is 29.6. The van der Waals surface area contributed by atoms with Crippen molar-refractivity contribution >= 4 is 29.6 Å². The molecule has 0 aromatic heterocycles. The number of benzene rings is 1. The Balaban J connectivity index is 2.00. The van der Waals surface area contributed by atoms with E-state index in [1.54, 1.807) is 0 Å². The van der Waals surface area contributed by atoms with Crippen LogP contribution in [0.5, 0.6) is 0 Å². The summed E-state index contributed by atoms with van der Waals surface area (Å²) in [5.41, 5.74) is 0.220. The molecule has 15 nitrogen and oxygen atoms in total. The van der Waals surface area contributed by atoms with E-state index in [-0.39, 0.29) is 5.69 Å². The number of non-ortho nitro benzene ring substituents is 1. The lowest BCUT2D eigenvalue weighted by atomic mass is 9.96. The molecule has 8 atom stereocenters. The van der Waals surface area contributed by atoms with Gasteiger partial charge >= 0.3 is 23.9 Å². The van der Waals surface area contributed by atoms with Crippen LogP contribution in [-0.4, -0.2) is 83.4 Å². The maximum Gasteiger partial charge on any atom is 0.303 e. The average Bonchev–Trinajstić information content (AvgIpc) is 2.86. The molecule has 0 bridgehead atoms. The SMILES string of the molecule is CC(=O)OC[C@H]1O[C@@H](O[C@@H]2[C@H](O)C=CO[C@@H]2c2ccc([N+](=O)[O-])cc2)[C@H](OC(C)=O)[C@@H](OC(C)=O)[C@@H]1OC(C)=O. The highest BCUT2D eigenvalue weighted by molar-refractivity contribution is 5.68. The molecule has 1 aromatic rings. The van der Waals surface area contributed by atoms with Crippen LogP contribution in [0.3, 0.4) is 0 Å². The first kappa shape index (κ1) is 30.5. The fourth-order valence-electron chi connectivity index (χ4n) is 4.24. The van der Waals surface area contributed by atoms with E-state index < -0.39 is 84.4 Å². The lowest BCUT2D eigenvalue weighted by molar-refractivity contribution is -0.384. The number of hydrogen-bond acceptors (Lipinski definition) is 14. The molecular weight excluding hydrogens is 538 g/mol. The van der Waals surface area contributed by atoms with Gasteiger partial charge in [0.1, 0.15) is 24.9 Å². The van der Waals surface area contributed by atoms with E-state index in [1.165, 1.54) is 36.6 Å². The second-order valence-electron chi connectivity index (χ2n) is 8.89. The zero-order valence-corrected chi connectivity index (χ0v) is 22.0. The van der Waals surface area contributed by atoms with E-state index >= 15 is 0 Å². The van der Waals surface area contributed by atoms with E-state index in [4.69, 9.17) is 33.2 Å². The van der Waals surface area contributed by atoms with Crippen molar-refractivity contribution in [3.05, 3.63) is 52.3 Å². The molecule has 15 heteroatoms. The molecule has 1 saturated heterocycles. The van der Waals surface area contributed by atoms with E-state index in [9.17, 15) is 34.4 Å². The minimum Gasteiger partial charge on any atom is -0.491 e. The number of rotatable bonds is 9. The number of ether oxygens (including phenoxy) is 7. The molecule has 1 N–H and O–H groups in total. The third-order valence-corrected chi connectivity index (χ3v) is 5.81. The van der Waals surface area contributed by atoms with Gasteiger partial charge in [0, 0.05) is 39.8 Å². The minimum absolute atomic E-state index is 0.173. The molecule has 40 heavy (non-hydrogen) atoms. The van der Waals surface area contributed by atoms with Gasteiger partial charge in [-0.1, -0.05) is 0 Å². The van der Waals surface area contributed by atoms with Crippen molar-refractivity contribution < 1.29 is 62.4 Å². The van der Waals surface area contributed by atoms with Crippen molar-refractivity contribution in [1.29, 1.82) is 0 Å². The Kier molecular flexibility index (Phi) is 10.1. The third-order valence-electron chi connectivity index (χ3n) is 5.81. The van der Waals surface area contributed by atoms with Crippen molar-refractivity contribution in [3.63, 3.8) is 0 Å². The summed E-state index contributed by atoms with van der Waals surface area (Å²) in [6, 6.07) is 5.32. The van der Waals surface area contributed by atoms with Crippen molar-refractivity contribution in [2.24, 2.45) is 0 Å². The molecule has 1 fully saturated rings. The third kappa shape index (κ3) is 7.74. The number of hydrogen-bond donors (Lipinski definition) is 1. The van der Waals surface area contributed by atoms with Crippen LogP contribution >= 0.6 is 0 Å². The van der Waals surface area contributed by atoms with Gasteiger partial charge in [-0.05, 0) is 23.8 Å². The van der Waals surface area contributed by atoms with E-state index in [1.807, 2.05) is 0 Å². The van der Waals surface area contributed by atoms with Crippen molar-refractivity contribution in [3.8, 4) is 0 Å². The molecule has 1 aromatic carbocycles. The second kappa shape index (κ2) is 13.3. The van der Waals surface area contributed by atoms with Crippen LogP contribution in [0.2, 0.25) is 0 Å². The second-order valence-corrected chi connectivity index (χ2v) is 8.89. The summed E-state index contributed by atoms with van der Waals surface area (Å²) < 4.78 is 38.8. The molecule has 2 aliphatic heterocycles. The summed E-state index contributed by atoms with van der Waals surface area (Å²) >= 11 is 0. The molecule has 0 spiro atoms. The number of nitrogens with zero attached hydrogens (tertiary/aromatic N) is 1. The highest BCUT2D eigenvalue weighted by Gasteiger charge is 2.54. The molecule has 218 valence electrons. The van der Waals surface area contributed by atoms with Gasteiger partial charge in [-0.2, -0.15) is 0 Å². The molecule has 3 rings (SSSR count). The molecule has 0 aliphatic carbocycles.